The molecule has 2 saturated heterocycles. The molecule has 0 atom stereocenters. The number of benzene rings is 1. The molecule has 208 valence electrons. The number of rotatable bonds is 7. The van der Waals surface area contributed by atoms with E-state index < -0.39 is 10.0 Å². The van der Waals surface area contributed by atoms with Gasteiger partial charge in [0, 0.05) is 43.1 Å². The molecule has 0 bridgehead atoms. The van der Waals surface area contributed by atoms with Gasteiger partial charge in [-0.1, -0.05) is 0 Å². The van der Waals surface area contributed by atoms with E-state index in [1.165, 1.54) is 4.31 Å². The molecule has 0 radical (unpaired) electrons. The Morgan fingerprint density at radius 2 is 1.69 bits per heavy atom. The van der Waals surface area contributed by atoms with Crippen molar-refractivity contribution in [3.05, 3.63) is 64.4 Å². The van der Waals surface area contributed by atoms with Crippen LogP contribution in [0.2, 0.25) is 0 Å². The number of amides is 1. The summed E-state index contributed by atoms with van der Waals surface area (Å²) >= 11 is 0. The number of ether oxygens (including phenoxy) is 1. The van der Waals surface area contributed by atoms with E-state index in [1.54, 1.807) is 38.3 Å². The van der Waals surface area contributed by atoms with Crippen LogP contribution in [0, 0.1) is 27.7 Å². The Balaban J connectivity index is 1.49. The zero-order chi connectivity index (χ0) is 27.7. The summed E-state index contributed by atoms with van der Waals surface area (Å²) in [5.41, 5.74) is 7.48. The van der Waals surface area contributed by atoms with Crippen molar-refractivity contribution in [3.63, 3.8) is 0 Å². The molecule has 2 fully saturated rings. The maximum absolute atomic E-state index is 13.5. The molecule has 0 spiro atoms. The van der Waals surface area contributed by atoms with Gasteiger partial charge in [0.15, 0.2) is 0 Å². The lowest BCUT2D eigenvalue weighted by Gasteiger charge is -2.28. The summed E-state index contributed by atoms with van der Waals surface area (Å²) < 4.78 is 41.4. The summed E-state index contributed by atoms with van der Waals surface area (Å²) in [5, 5.41) is 4.19. The minimum absolute atomic E-state index is 0.267. The van der Waals surface area contributed by atoms with Crippen molar-refractivity contribution in [1.29, 1.82) is 0 Å². The van der Waals surface area contributed by atoms with Crippen LogP contribution < -0.4 is 10.3 Å². The molecule has 1 aromatic carbocycles. The highest BCUT2D eigenvalue weighted by Crippen LogP contribution is 2.34. The minimum Gasteiger partial charge on any atom is -0.466 e. The zero-order valence-corrected chi connectivity index (χ0v) is 23.7. The molecule has 2 aromatic heterocycles. The smallest absolute Gasteiger partial charge is 0.274 e. The predicted molar refractivity (Wildman–Crippen MR) is 150 cm³/mol. The van der Waals surface area contributed by atoms with E-state index in [-0.39, 0.29) is 10.8 Å². The van der Waals surface area contributed by atoms with Crippen LogP contribution in [0.15, 0.2) is 44.7 Å². The molecule has 1 N–H and O–H groups in total. The van der Waals surface area contributed by atoms with Crippen molar-refractivity contribution in [3.8, 4) is 5.69 Å². The lowest BCUT2D eigenvalue weighted by Crippen LogP contribution is -2.40. The van der Waals surface area contributed by atoms with E-state index in [9.17, 15) is 13.2 Å². The number of nitrogens with one attached hydrogen (secondary N) is 1. The van der Waals surface area contributed by atoms with Gasteiger partial charge in [-0.05, 0) is 70.9 Å². The Labute approximate surface area is 229 Å². The quantitative estimate of drug-likeness (QED) is 0.353. The summed E-state index contributed by atoms with van der Waals surface area (Å²) in [5.74, 6) is 0.864. The molecule has 11 heteroatoms. The summed E-state index contributed by atoms with van der Waals surface area (Å²) in [4.78, 5) is 15.1. The number of aromatic nitrogens is 1. The number of aryl methyl sites for hydroxylation is 3. The van der Waals surface area contributed by atoms with Crippen molar-refractivity contribution < 1.29 is 22.4 Å². The third-order valence-corrected chi connectivity index (χ3v) is 9.26. The zero-order valence-electron chi connectivity index (χ0n) is 22.9. The number of hydrogen-bond acceptors (Lipinski definition) is 7. The average molecular weight is 554 g/mol. The largest absolute Gasteiger partial charge is 0.466 e. The number of carbonyl (C=O) groups excluding carboxylic acids is 1. The van der Waals surface area contributed by atoms with E-state index in [2.05, 4.69) is 20.0 Å². The molecule has 10 nitrogen and oxygen atoms in total. The Morgan fingerprint density at radius 3 is 2.36 bits per heavy atom. The minimum atomic E-state index is -3.66. The summed E-state index contributed by atoms with van der Waals surface area (Å²) in [6, 6.07) is 9.09. The standard InChI is InChI=1S/C28H35N5O5S/c1-19-15-23(18-29-30-28(34)25-16-20(2)38-22(25)4)21(3)33(19)27-17-24(7-8-26(27)31-9-5-6-10-31)39(35,36)32-11-13-37-14-12-32/h7-8,15-18H,5-6,9-14H2,1-4H3,(H,30,34)/b29-18+. The molecule has 2 aliphatic rings. The molecular weight excluding hydrogens is 518 g/mol. The Hall–Kier alpha value is -3.41. The number of anilines is 1. The first-order valence-corrected chi connectivity index (χ1v) is 14.7. The highest BCUT2D eigenvalue weighted by molar-refractivity contribution is 7.89. The Morgan fingerprint density at radius 1 is 0.974 bits per heavy atom. The van der Waals surface area contributed by atoms with Gasteiger partial charge in [0.1, 0.15) is 11.5 Å². The van der Waals surface area contributed by atoms with E-state index >= 15 is 0 Å². The third-order valence-electron chi connectivity index (χ3n) is 7.37. The lowest BCUT2D eigenvalue weighted by molar-refractivity contribution is 0.0730. The van der Waals surface area contributed by atoms with Gasteiger partial charge in [0.05, 0.1) is 41.3 Å². The second-order valence-corrected chi connectivity index (χ2v) is 12.0. The SMILES string of the molecule is Cc1cc(C(=O)N/N=C/c2cc(C)n(-c3cc(S(=O)(=O)N4CCOCC4)ccc3N3CCCC3)c2C)c(C)o1. The molecule has 4 heterocycles. The van der Waals surface area contributed by atoms with Crippen LogP contribution in [0.5, 0.6) is 0 Å². The first-order valence-electron chi connectivity index (χ1n) is 13.2. The number of carbonyl (C=O) groups is 1. The van der Waals surface area contributed by atoms with Crippen molar-refractivity contribution in [1.82, 2.24) is 14.3 Å². The van der Waals surface area contributed by atoms with E-state index in [0.717, 1.165) is 54.3 Å². The normalized spacial score (nSPS) is 16.9. The van der Waals surface area contributed by atoms with E-state index in [4.69, 9.17) is 9.15 Å². The van der Waals surface area contributed by atoms with Crippen LogP contribution in [-0.2, 0) is 14.8 Å². The fourth-order valence-electron chi connectivity index (χ4n) is 5.37. The summed E-state index contributed by atoms with van der Waals surface area (Å²) in [7, 11) is -3.66. The van der Waals surface area contributed by atoms with Gasteiger partial charge < -0.3 is 18.6 Å². The predicted octanol–water partition coefficient (Wildman–Crippen LogP) is 3.69. The molecule has 39 heavy (non-hydrogen) atoms. The first kappa shape index (κ1) is 27.2. The van der Waals surface area contributed by atoms with Gasteiger partial charge >= 0.3 is 0 Å². The van der Waals surface area contributed by atoms with Crippen LogP contribution >= 0.6 is 0 Å². The van der Waals surface area contributed by atoms with E-state index in [0.29, 0.717) is 43.4 Å². The van der Waals surface area contributed by atoms with Crippen molar-refractivity contribution in [2.24, 2.45) is 5.10 Å². The summed E-state index contributed by atoms with van der Waals surface area (Å²) in [6.45, 7) is 10.8. The highest BCUT2D eigenvalue weighted by atomic mass is 32.2. The maximum atomic E-state index is 13.5. The molecule has 0 saturated carbocycles. The molecule has 5 rings (SSSR count). The van der Waals surface area contributed by atoms with Crippen LogP contribution in [0.3, 0.4) is 0 Å². The van der Waals surface area contributed by atoms with Crippen LogP contribution in [0.4, 0.5) is 5.69 Å². The van der Waals surface area contributed by atoms with Gasteiger partial charge in [0.2, 0.25) is 10.0 Å². The first-order chi connectivity index (χ1) is 18.7. The average Bonchev–Trinajstić information content (AvgIpc) is 3.64. The van der Waals surface area contributed by atoms with E-state index in [1.807, 2.05) is 26.0 Å². The number of sulfonamides is 1. The van der Waals surface area contributed by atoms with Gasteiger partial charge in [-0.25, -0.2) is 13.8 Å². The lowest BCUT2D eigenvalue weighted by atomic mass is 10.2. The number of hydrazone groups is 1. The maximum Gasteiger partial charge on any atom is 0.274 e. The number of morpholine rings is 1. The van der Waals surface area contributed by atoms with Gasteiger partial charge in [-0.3, -0.25) is 4.79 Å². The van der Waals surface area contributed by atoms with Crippen molar-refractivity contribution in [2.75, 3.05) is 44.3 Å². The molecule has 0 unspecified atom stereocenters. The Kier molecular flexibility index (Phi) is 7.66. The third kappa shape index (κ3) is 5.39. The molecule has 2 aliphatic heterocycles. The highest BCUT2D eigenvalue weighted by Gasteiger charge is 2.29. The topological polar surface area (TPSA) is 109 Å². The second kappa shape index (κ2) is 11.0. The van der Waals surface area contributed by atoms with Crippen LogP contribution in [0.25, 0.3) is 5.69 Å². The molecule has 3 aromatic rings. The van der Waals surface area contributed by atoms with Crippen molar-refractivity contribution in [2.45, 2.75) is 45.4 Å². The fourth-order valence-corrected chi connectivity index (χ4v) is 6.80. The monoisotopic (exact) mass is 553 g/mol. The molecule has 0 aliphatic carbocycles. The van der Waals surface area contributed by atoms with Gasteiger partial charge in [-0.2, -0.15) is 9.41 Å². The van der Waals surface area contributed by atoms with Crippen molar-refractivity contribution >= 4 is 27.8 Å². The second-order valence-electron chi connectivity index (χ2n) is 10.0. The molecular formula is C28H35N5O5S. The van der Waals surface area contributed by atoms with Gasteiger partial charge in [0.25, 0.3) is 5.91 Å². The number of furan rings is 1. The number of hydrogen-bond donors (Lipinski definition) is 1. The van der Waals surface area contributed by atoms with Crippen LogP contribution in [-0.4, -0.2) is 68.8 Å². The molecule has 1 amide bonds. The summed E-state index contributed by atoms with van der Waals surface area (Å²) in [6.07, 6.45) is 3.82. The Bertz CT molecular complexity index is 1510. The van der Waals surface area contributed by atoms with Crippen LogP contribution in [0.1, 0.15) is 51.7 Å². The van der Waals surface area contributed by atoms with Gasteiger partial charge in [-0.15, -0.1) is 0 Å². The fraction of sp³-hybridized carbons (Fsp3) is 0.429. The number of nitrogens with zero attached hydrogens (tertiary/aromatic N) is 4.